The van der Waals surface area contributed by atoms with Crippen molar-refractivity contribution in [2.75, 3.05) is 0 Å². The molecule has 146 valence electrons. The lowest BCUT2D eigenvalue weighted by Crippen LogP contribution is -2.14. The van der Waals surface area contributed by atoms with Crippen molar-refractivity contribution >= 4 is 11.6 Å². The minimum atomic E-state index is 0.614. The molecule has 0 aliphatic carbocycles. The Hall–Kier alpha value is -2.95. The molecule has 0 bridgehead atoms. The number of aromatic nitrogens is 3. The van der Waals surface area contributed by atoms with Crippen molar-refractivity contribution in [2.24, 2.45) is 0 Å². The van der Waals surface area contributed by atoms with Crippen LogP contribution < -0.4 is 5.32 Å². The van der Waals surface area contributed by atoms with E-state index in [0.717, 1.165) is 27.5 Å². The smallest absolute Gasteiger partial charge is 0.117 e. The SMILES string of the molecule is Cc1ccccc1Cn1nc(CNCc2ccccc2Cl)c(-c2ccccc2)n1. The lowest BCUT2D eigenvalue weighted by atomic mass is 10.1. The molecule has 0 amide bonds. The molecule has 0 atom stereocenters. The Kier molecular flexibility index (Phi) is 6.03. The molecule has 1 aromatic heterocycles. The maximum Gasteiger partial charge on any atom is 0.117 e. The highest BCUT2D eigenvalue weighted by atomic mass is 35.5. The van der Waals surface area contributed by atoms with Gasteiger partial charge in [0, 0.05) is 23.7 Å². The molecule has 4 rings (SSSR count). The van der Waals surface area contributed by atoms with Crippen molar-refractivity contribution in [3.05, 3.63) is 106 Å². The van der Waals surface area contributed by atoms with Crippen LogP contribution in [0.25, 0.3) is 11.3 Å². The molecule has 0 aliphatic rings. The Labute approximate surface area is 176 Å². The summed E-state index contributed by atoms with van der Waals surface area (Å²) in [6.07, 6.45) is 0. The highest BCUT2D eigenvalue weighted by molar-refractivity contribution is 6.31. The van der Waals surface area contributed by atoms with Crippen molar-refractivity contribution in [1.29, 1.82) is 0 Å². The van der Waals surface area contributed by atoms with Crippen LogP contribution in [0.5, 0.6) is 0 Å². The summed E-state index contributed by atoms with van der Waals surface area (Å²) in [6.45, 7) is 4.06. The van der Waals surface area contributed by atoms with E-state index in [1.165, 1.54) is 11.1 Å². The summed E-state index contributed by atoms with van der Waals surface area (Å²) >= 11 is 6.27. The molecular formula is C24H23ClN4. The predicted octanol–water partition coefficient (Wildman–Crippen LogP) is 5.25. The fraction of sp³-hybridized carbons (Fsp3) is 0.167. The first-order chi connectivity index (χ1) is 14.2. The van der Waals surface area contributed by atoms with E-state index in [0.29, 0.717) is 19.6 Å². The van der Waals surface area contributed by atoms with Gasteiger partial charge in [0.1, 0.15) is 11.4 Å². The highest BCUT2D eigenvalue weighted by Gasteiger charge is 2.14. The molecule has 1 heterocycles. The number of aryl methyl sites for hydroxylation is 1. The average Bonchev–Trinajstić information content (AvgIpc) is 3.14. The molecule has 0 fully saturated rings. The van der Waals surface area contributed by atoms with Gasteiger partial charge in [-0.25, -0.2) is 0 Å². The zero-order valence-corrected chi connectivity index (χ0v) is 17.1. The van der Waals surface area contributed by atoms with Gasteiger partial charge < -0.3 is 5.32 Å². The number of hydrogen-bond donors (Lipinski definition) is 1. The summed E-state index contributed by atoms with van der Waals surface area (Å²) in [5.74, 6) is 0. The number of benzene rings is 3. The quantitative estimate of drug-likeness (QED) is 0.459. The van der Waals surface area contributed by atoms with Crippen LogP contribution >= 0.6 is 11.6 Å². The van der Waals surface area contributed by atoms with Crippen LogP contribution in [0.15, 0.2) is 78.9 Å². The second-order valence-electron chi connectivity index (χ2n) is 7.01. The van der Waals surface area contributed by atoms with Gasteiger partial charge in [-0.2, -0.15) is 15.0 Å². The third-order valence-corrected chi connectivity index (χ3v) is 5.28. The van der Waals surface area contributed by atoms with Crippen LogP contribution in [-0.4, -0.2) is 15.0 Å². The first kappa shape index (κ1) is 19.4. The first-order valence-corrected chi connectivity index (χ1v) is 10.1. The molecule has 29 heavy (non-hydrogen) atoms. The monoisotopic (exact) mass is 402 g/mol. The predicted molar refractivity (Wildman–Crippen MR) is 118 cm³/mol. The minimum Gasteiger partial charge on any atom is -0.307 e. The summed E-state index contributed by atoms with van der Waals surface area (Å²) in [6, 6.07) is 26.4. The van der Waals surface area contributed by atoms with E-state index in [2.05, 4.69) is 48.6 Å². The van der Waals surface area contributed by atoms with Crippen LogP contribution in [0.3, 0.4) is 0 Å². The van der Waals surface area contributed by atoms with Crippen molar-refractivity contribution < 1.29 is 0 Å². The lowest BCUT2D eigenvalue weighted by molar-refractivity contribution is 0.575. The summed E-state index contributed by atoms with van der Waals surface area (Å²) in [5.41, 5.74) is 6.44. The largest absolute Gasteiger partial charge is 0.307 e. The molecule has 0 saturated carbocycles. The summed E-state index contributed by atoms with van der Waals surface area (Å²) in [4.78, 5) is 1.79. The number of rotatable bonds is 7. The number of hydrogen-bond acceptors (Lipinski definition) is 3. The van der Waals surface area contributed by atoms with Crippen LogP contribution in [0.2, 0.25) is 5.02 Å². The van der Waals surface area contributed by atoms with E-state index >= 15 is 0 Å². The maximum atomic E-state index is 6.27. The van der Waals surface area contributed by atoms with Crippen molar-refractivity contribution in [2.45, 2.75) is 26.6 Å². The van der Waals surface area contributed by atoms with Crippen molar-refractivity contribution in [3.8, 4) is 11.3 Å². The number of nitrogens with zero attached hydrogens (tertiary/aromatic N) is 3. The van der Waals surface area contributed by atoms with Crippen LogP contribution in [0, 0.1) is 6.92 Å². The molecule has 3 aromatic carbocycles. The molecule has 0 unspecified atom stereocenters. The molecule has 5 heteroatoms. The molecule has 0 aliphatic heterocycles. The Morgan fingerprint density at radius 1 is 0.793 bits per heavy atom. The van der Waals surface area contributed by atoms with Gasteiger partial charge in [0.05, 0.1) is 6.54 Å². The molecule has 4 aromatic rings. The zero-order valence-electron chi connectivity index (χ0n) is 16.3. The second-order valence-corrected chi connectivity index (χ2v) is 7.42. The molecule has 0 spiro atoms. The highest BCUT2D eigenvalue weighted by Crippen LogP contribution is 2.21. The number of nitrogens with one attached hydrogen (secondary N) is 1. The normalized spacial score (nSPS) is 11.0. The molecule has 0 radical (unpaired) electrons. The fourth-order valence-electron chi connectivity index (χ4n) is 3.29. The van der Waals surface area contributed by atoms with E-state index in [1.807, 2.05) is 42.5 Å². The van der Waals surface area contributed by atoms with Crippen LogP contribution in [0.1, 0.15) is 22.4 Å². The first-order valence-electron chi connectivity index (χ1n) is 9.69. The van der Waals surface area contributed by atoms with E-state index in [-0.39, 0.29) is 0 Å². The summed E-state index contributed by atoms with van der Waals surface area (Å²) < 4.78 is 0. The van der Waals surface area contributed by atoms with E-state index in [1.54, 1.807) is 4.80 Å². The van der Waals surface area contributed by atoms with Gasteiger partial charge in [0.2, 0.25) is 0 Å². The van der Waals surface area contributed by atoms with Gasteiger partial charge in [-0.15, -0.1) is 0 Å². The van der Waals surface area contributed by atoms with Crippen molar-refractivity contribution in [1.82, 2.24) is 20.3 Å². The Morgan fingerprint density at radius 2 is 1.48 bits per heavy atom. The standard InChI is InChI=1S/C24H23ClN4/c1-18-9-5-6-13-21(18)17-29-27-23(24(28-29)19-10-3-2-4-11-19)16-26-15-20-12-7-8-14-22(20)25/h2-14,26H,15-17H2,1H3. The van der Waals surface area contributed by atoms with Gasteiger partial charge in [0.15, 0.2) is 0 Å². The average molecular weight is 403 g/mol. The zero-order chi connectivity index (χ0) is 20.1. The van der Waals surface area contributed by atoms with Gasteiger partial charge in [-0.05, 0) is 29.7 Å². The maximum absolute atomic E-state index is 6.27. The summed E-state index contributed by atoms with van der Waals surface area (Å²) in [7, 11) is 0. The van der Waals surface area contributed by atoms with Gasteiger partial charge in [0.25, 0.3) is 0 Å². The van der Waals surface area contributed by atoms with Gasteiger partial charge in [-0.1, -0.05) is 84.4 Å². The van der Waals surface area contributed by atoms with E-state index < -0.39 is 0 Å². The van der Waals surface area contributed by atoms with Crippen LogP contribution in [0.4, 0.5) is 0 Å². The molecular weight excluding hydrogens is 380 g/mol. The van der Waals surface area contributed by atoms with Gasteiger partial charge in [-0.3, -0.25) is 0 Å². The van der Waals surface area contributed by atoms with Gasteiger partial charge >= 0.3 is 0 Å². The van der Waals surface area contributed by atoms with Crippen LogP contribution in [-0.2, 0) is 19.6 Å². The lowest BCUT2D eigenvalue weighted by Gasteiger charge is -2.06. The topological polar surface area (TPSA) is 42.7 Å². The van der Waals surface area contributed by atoms with E-state index in [9.17, 15) is 0 Å². The Balaban J connectivity index is 1.57. The fourth-order valence-corrected chi connectivity index (χ4v) is 3.49. The van der Waals surface area contributed by atoms with Crippen molar-refractivity contribution in [3.63, 3.8) is 0 Å². The minimum absolute atomic E-state index is 0.614. The number of halogens is 1. The molecule has 1 N–H and O–H groups in total. The second kappa shape index (κ2) is 9.03. The molecule has 0 saturated heterocycles. The Bertz CT molecular complexity index is 1090. The molecule has 4 nitrogen and oxygen atoms in total. The Morgan fingerprint density at radius 3 is 2.24 bits per heavy atom. The third-order valence-electron chi connectivity index (χ3n) is 4.91. The third kappa shape index (κ3) is 4.73. The van der Waals surface area contributed by atoms with E-state index in [4.69, 9.17) is 21.8 Å². The summed E-state index contributed by atoms with van der Waals surface area (Å²) in [5, 5.41) is 13.8.